The number of hydrogen-bond acceptors (Lipinski definition) is 8. The summed E-state index contributed by atoms with van der Waals surface area (Å²) in [5.41, 5.74) is 27.4. The minimum absolute atomic E-state index is 0.418. The Balaban J connectivity index is 0.000000142. The van der Waals surface area contributed by atoms with Crippen LogP contribution in [0.1, 0.15) is 44.5 Å². The standard InChI is InChI=1S/C58H37N3S.C56H35N3S/c1-4-15-38(16-5-1)42-19-14-20-44(35-42)57-60-55(40-17-6-2-7-18-40)59-56(61-57)41-29-27-39(28-30-41)43-31-33-49-50-34-32-46(37-54(50)62-53(49)36-43)58(45-21-8-3-9-22-45)51-25-12-10-23-47(51)48-24-11-13-26-52(48)58;1-3-15-37(16-4-1)53-57-54(59-55(58-53)42-27-26-36-14-7-8-17-38(36)32-42)41-19-13-18-39(33-41)40-28-30-47-48-31-29-44(35-52(48)60-51(47)34-40)56(43-20-5-2-6-21-43)49-24-11-9-22-45(49)46-23-10-12-25-50(46)56/h1-37H;1-35H. The molecule has 2 aliphatic carbocycles. The number of rotatable bonds is 13. The van der Waals surface area contributed by atoms with E-state index in [-0.39, 0.29) is 0 Å². The maximum atomic E-state index is 5.10. The van der Waals surface area contributed by atoms with E-state index in [1.807, 2.05) is 77.3 Å². The Labute approximate surface area is 714 Å². The van der Waals surface area contributed by atoms with E-state index in [1.165, 1.54) is 118 Å². The van der Waals surface area contributed by atoms with E-state index >= 15 is 0 Å². The van der Waals surface area contributed by atoms with E-state index in [0.29, 0.717) is 34.9 Å². The second kappa shape index (κ2) is 29.9. The molecule has 0 radical (unpaired) electrons. The number of thiophene rings is 2. The summed E-state index contributed by atoms with van der Waals surface area (Å²) in [5, 5.41) is 7.45. The van der Waals surface area contributed by atoms with Crippen LogP contribution in [-0.4, -0.2) is 29.9 Å². The third kappa shape index (κ3) is 12.3. The first-order chi connectivity index (χ1) is 60.4. The fourth-order valence-corrected chi connectivity index (χ4v) is 21.3. The zero-order valence-electron chi connectivity index (χ0n) is 66.1. The van der Waals surface area contributed by atoms with E-state index in [1.54, 1.807) is 0 Å². The van der Waals surface area contributed by atoms with Crippen LogP contribution >= 0.6 is 22.7 Å². The Hall–Kier alpha value is -15.3. The molecule has 0 spiro atoms. The van der Waals surface area contributed by atoms with Crippen LogP contribution in [-0.2, 0) is 10.8 Å². The van der Waals surface area contributed by atoms with Gasteiger partial charge in [-0.05, 0) is 153 Å². The lowest BCUT2D eigenvalue weighted by Crippen LogP contribution is -2.28. The van der Waals surface area contributed by atoms with Crippen LogP contribution in [0.15, 0.2) is 437 Å². The molecule has 18 aromatic carbocycles. The molecule has 0 N–H and O–H groups in total. The molecule has 6 nitrogen and oxygen atoms in total. The van der Waals surface area contributed by atoms with Gasteiger partial charge in [0.15, 0.2) is 34.9 Å². The average Bonchev–Trinajstić information content (AvgIpc) is 1.54. The molecule has 0 atom stereocenters. The quantitative estimate of drug-likeness (QED) is 0.114. The molecule has 4 heterocycles. The number of fused-ring (bicyclic) bond motifs is 13. The highest BCUT2D eigenvalue weighted by Crippen LogP contribution is 2.59. The molecule has 22 aromatic rings. The molecule has 122 heavy (non-hydrogen) atoms. The Morgan fingerprint density at radius 1 is 0.156 bits per heavy atom. The molecule has 0 aliphatic heterocycles. The lowest BCUT2D eigenvalue weighted by Gasteiger charge is -2.33. The Morgan fingerprint density at radius 2 is 0.418 bits per heavy atom. The van der Waals surface area contributed by atoms with Gasteiger partial charge in [-0.3, -0.25) is 0 Å². The van der Waals surface area contributed by atoms with E-state index in [9.17, 15) is 0 Å². The highest BCUT2D eigenvalue weighted by atomic mass is 32.1. The van der Waals surface area contributed by atoms with Gasteiger partial charge >= 0.3 is 0 Å². The lowest BCUT2D eigenvalue weighted by atomic mass is 9.67. The van der Waals surface area contributed by atoms with Crippen molar-refractivity contribution in [2.24, 2.45) is 0 Å². The molecular weight excluding hydrogens is 1520 g/mol. The number of nitrogens with zero attached hydrogens (tertiary/aromatic N) is 6. The summed E-state index contributed by atoms with van der Waals surface area (Å²) in [5.74, 6) is 3.88. The summed E-state index contributed by atoms with van der Waals surface area (Å²) >= 11 is 3.74. The summed E-state index contributed by atoms with van der Waals surface area (Å²) in [7, 11) is 0. The number of aromatic nitrogens is 6. The largest absolute Gasteiger partial charge is 0.208 e. The van der Waals surface area contributed by atoms with Crippen molar-refractivity contribution in [3.05, 3.63) is 481 Å². The van der Waals surface area contributed by atoms with Gasteiger partial charge in [0.1, 0.15) is 0 Å². The maximum absolute atomic E-state index is 5.10. The molecule has 0 bridgehead atoms. The van der Waals surface area contributed by atoms with Crippen molar-refractivity contribution in [2.75, 3.05) is 0 Å². The van der Waals surface area contributed by atoms with Crippen LogP contribution in [0.3, 0.4) is 0 Å². The number of benzene rings is 18. The van der Waals surface area contributed by atoms with Gasteiger partial charge in [-0.2, -0.15) is 0 Å². The molecule has 0 fully saturated rings. The zero-order chi connectivity index (χ0) is 80.7. The molecule has 0 unspecified atom stereocenters. The third-order valence-electron chi connectivity index (χ3n) is 24.6. The van der Waals surface area contributed by atoms with Crippen molar-refractivity contribution in [3.8, 4) is 124 Å². The summed E-state index contributed by atoms with van der Waals surface area (Å²) < 4.78 is 5.10. The van der Waals surface area contributed by atoms with Gasteiger partial charge in [-0.15, -0.1) is 22.7 Å². The highest BCUT2D eigenvalue weighted by Gasteiger charge is 2.48. The van der Waals surface area contributed by atoms with Gasteiger partial charge in [-0.25, -0.2) is 29.9 Å². The molecule has 0 amide bonds. The Bertz CT molecular complexity index is 7730. The molecule has 0 saturated heterocycles. The molecule has 24 rings (SSSR count). The molecule has 8 heteroatoms. The molecule has 0 saturated carbocycles. The minimum Gasteiger partial charge on any atom is -0.208 e. The van der Waals surface area contributed by atoms with Crippen molar-refractivity contribution >= 4 is 73.8 Å². The van der Waals surface area contributed by atoms with E-state index in [4.69, 9.17) is 29.9 Å². The van der Waals surface area contributed by atoms with Gasteiger partial charge < -0.3 is 0 Å². The predicted octanol–water partition coefficient (Wildman–Crippen LogP) is 29.4. The van der Waals surface area contributed by atoms with Crippen molar-refractivity contribution in [1.82, 2.24) is 29.9 Å². The SMILES string of the molecule is c1ccc(-c2cccc(-c3nc(-c4ccccc4)nc(-c4ccc(-c5ccc6c(c5)sc5cc(C7(c8ccccc8)c8ccccc8-c8ccccc87)ccc56)cc4)n3)c2)cc1.c1ccc(-c2nc(-c3cccc(-c4ccc5c(c4)sc4cc(C6(c7ccccc7)c7ccccc7-c7ccccc76)ccc45)c3)nc(-c3ccc4ccccc4c3)n2)cc1. The summed E-state index contributed by atoms with van der Waals surface area (Å²) in [6.07, 6.45) is 0. The second-order valence-electron chi connectivity index (χ2n) is 31.5. The molecule has 2 aliphatic rings. The maximum Gasteiger partial charge on any atom is 0.164 e. The fourth-order valence-electron chi connectivity index (χ4n) is 19.0. The van der Waals surface area contributed by atoms with Crippen LogP contribution in [0, 0.1) is 0 Å². The van der Waals surface area contributed by atoms with Crippen molar-refractivity contribution in [3.63, 3.8) is 0 Å². The number of hydrogen-bond donors (Lipinski definition) is 0. The first kappa shape index (κ1) is 72.0. The molecule has 4 aromatic heterocycles. The van der Waals surface area contributed by atoms with Gasteiger partial charge in [0.2, 0.25) is 0 Å². The monoisotopic (exact) mass is 1590 g/mol. The van der Waals surface area contributed by atoms with Gasteiger partial charge in [-0.1, -0.05) is 394 Å². The van der Waals surface area contributed by atoms with Crippen molar-refractivity contribution < 1.29 is 0 Å². The Morgan fingerprint density at radius 3 is 0.844 bits per heavy atom. The van der Waals surface area contributed by atoms with E-state index in [2.05, 4.69) is 382 Å². The van der Waals surface area contributed by atoms with Crippen LogP contribution in [0.4, 0.5) is 0 Å². The Kier molecular flexibility index (Phi) is 17.7. The lowest BCUT2D eigenvalue weighted by molar-refractivity contribution is 0.770. The van der Waals surface area contributed by atoms with E-state index < -0.39 is 10.8 Å². The van der Waals surface area contributed by atoms with Crippen molar-refractivity contribution in [2.45, 2.75) is 10.8 Å². The van der Waals surface area contributed by atoms with Crippen LogP contribution in [0.25, 0.3) is 175 Å². The topological polar surface area (TPSA) is 77.3 Å². The van der Waals surface area contributed by atoms with Crippen LogP contribution < -0.4 is 0 Å². The third-order valence-corrected chi connectivity index (χ3v) is 26.9. The fraction of sp³-hybridized carbons (Fsp3) is 0.0175. The average molecular weight is 1590 g/mol. The summed E-state index contributed by atoms with van der Waals surface area (Å²) in [6.45, 7) is 0. The summed E-state index contributed by atoms with van der Waals surface area (Å²) in [6, 6.07) is 157. The molecular formula is C114H72N6S2. The van der Waals surface area contributed by atoms with Crippen LogP contribution in [0.5, 0.6) is 0 Å². The zero-order valence-corrected chi connectivity index (χ0v) is 67.7. The van der Waals surface area contributed by atoms with Crippen molar-refractivity contribution in [1.29, 1.82) is 0 Å². The van der Waals surface area contributed by atoms with E-state index in [0.717, 1.165) is 66.6 Å². The van der Waals surface area contributed by atoms with Gasteiger partial charge in [0.05, 0.1) is 10.8 Å². The van der Waals surface area contributed by atoms with Gasteiger partial charge in [0.25, 0.3) is 0 Å². The first-order valence-corrected chi connectivity index (χ1v) is 43.0. The smallest absolute Gasteiger partial charge is 0.164 e. The highest BCUT2D eigenvalue weighted by molar-refractivity contribution is 7.26. The second-order valence-corrected chi connectivity index (χ2v) is 33.6. The predicted molar refractivity (Wildman–Crippen MR) is 506 cm³/mol. The normalized spacial score (nSPS) is 12.7. The van der Waals surface area contributed by atoms with Gasteiger partial charge in [0, 0.05) is 73.7 Å². The van der Waals surface area contributed by atoms with Crippen LogP contribution in [0.2, 0.25) is 0 Å². The summed E-state index contributed by atoms with van der Waals surface area (Å²) in [4.78, 5) is 30.2. The first-order valence-electron chi connectivity index (χ1n) is 41.3. The molecule has 570 valence electrons. The minimum atomic E-state index is -0.423.